The van der Waals surface area contributed by atoms with Crippen LogP contribution in [-0.4, -0.2) is 26.7 Å². The Morgan fingerprint density at radius 1 is 1.19 bits per heavy atom. The number of fused-ring (bicyclic) bond motifs is 1. The molecule has 1 fully saturated rings. The summed E-state index contributed by atoms with van der Waals surface area (Å²) in [4.78, 5) is 12.9. The first-order valence-electron chi connectivity index (χ1n) is 9.41. The molecule has 134 valence electrons. The number of aromatic nitrogens is 3. The monoisotopic (exact) mass is 349 g/mol. The van der Waals surface area contributed by atoms with E-state index in [4.69, 9.17) is 0 Å². The van der Waals surface area contributed by atoms with E-state index in [-0.39, 0.29) is 11.9 Å². The Labute approximate surface area is 153 Å². The first kappa shape index (κ1) is 16.8. The molecule has 0 radical (unpaired) electrons. The van der Waals surface area contributed by atoms with Crippen molar-refractivity contribution >= 4 is 5.91 Å². The lowest BCUT2D eigenvalue weighted by atomic mass is 9.74. The minimum atomic E-state index is -0.839. The fraction of sp³-hybridized carbons (Fsp3) is 0.500. The molecule has 4 rings (SSSR count). The maximum atomic E-state index is 12.9. The van der Waals surface area contributed by atoms with Gasteiger partial charge in [0.2, 0.25) is 5.91 Å². The summed E-state index contributed by atoms with van der Waals surface area (Å²) in [6, 6.07) is 12.3. The van der Waals surface area contributed by atoms with Crippen molar-refractivity contribution in [3.8, 4) is 17.5 Å². The number of aryl methyl sites for hydroxylation is 1. The molecule has 1 atom stereocenters. The van der Waals surface area contributed by atoms with Crippen LogP contribution in [0, 0.1) is 16.7 Å². The highest BCUT2D eigenvalue weighted by molar-refractivity contribution is 5.85. The normalized spacial score (nSPS) is 21.4. The van der Waals surface area contributed by atoms with Crippen LogP contribution < -0.4 is 5.32 Å². The van der Waals surface area contributed by atoms with Crippen LogP contribution in [-0.2, 0) is 17.8 Å². The molecule has 1 unspecified atom stereocenters. The standard InChI is InChI=1S/C20H23N5O/c21-14-20(11-5-2-6-12-20)19(26)22-16-9-10-17-23-24-18(25(17)13-16)15-7-3-1-4-8-15/h1,3-4,7-8,16H,2,5-6,9-13H2,(H,22,26). The Kier molecular flexibility index (Phi) is 4.46. The van der Waals surface area contributed by atoms with Crippen LogP contribution in [0.4, 0.5) is 0 Å². The number of benzene rings is 1. The molecule has 1 aromatic heterocycles. The van der Waals surface area contributed by atoms with Crippen molar-refractivity contribution in [2.75, 3.05) is 0 Å². The molecule has 0 bridgehead atoms. The van der Waals surface area contributed by atoms with Crippen LogP contribution in [0.15, 0.2) is 30.3 Å². The lowest BCUT2D eigenvalue weighted by molar-refractivity contribution is -0.130. The van der Waals surface area contributed by atoms with E-state index in [2.05, 4.69) is 26.2 Å². The third-order valence-corrected chi connectivity index (χ3v) is 5.67. The van der Waals surface area contributed by atoms with Crippen LogP contribution in [0.2, 0.25) is 0 Å². The van der Waals surface area contributed by atoms with E-state index in [0.29, 0.717) is 19.4 Å². The highest BCUT2D eigenvalue weighted by Crippen LogP contribution is 2.36. The average molecular weight is 349 g/mol. The highest BCUT2D eigenvalue weighted by atomic mass is 16.2. The number of nitrogens with one attached hydrogen (secondary N) is 1. The van der Waals surface area contributed by atoms with E-state index in [9.17, 15) is 10.1 Å². The minimum absolute atomic E-state index is 0.0145. The van der Waals surface area contributed by atoms with Gasteiger partial charge in [0.1, 0.15) is 11.2 Å². The second-order valence-corrected chi connectivity index (χ2v) is 7.38. The summed E-state index contributed by atoms with van der Waals surface area (Å²) in [5.41, 5.74) is 0.188. The number of nitriles is 1. The first-order chi connectivity index (χ1) is 12.7. The van der Waals surface area contributed by atoms with Crippen LogP contribution in [0.25, 0.3) is 11.4 Å². The van der Waals surface area contributed by atoms with Crippen LogP contribution in [0.3, 0.4) is 0 Å². The van der Waals surface area contributed by atoms with Crippen LogP contribution in [0.5, 0.6) is 0 Å². The second-order valence-electron chi connectivity index (χ2n) is 7.38. The molecule has 1 amide bonds. The third kappa shape index (κ3) is 2.98. The summed E-state index contributed by atoms with van der Waals surface area (Å²) in [5.74, 6) is 1.71. The summed E-state index contributed by atoms with van der Waals surface area (Å²) in [6.45, 7) is 0.653. The predicted octanol–water partition coefficient (Wildman–Crippen LogP) is 2.85. The number of hydrogen-bond donors (Lipinski definition) is 1. The van der Waals surface area contributed by atoms with Gasteiger partial charge in [0.15, 0.2) is 5.82 Å². The second kappa shape index (κ2) is 6.91. The number of amides is 1. The molecule has 2 aromatic rings. The van der Waals surface area contributed by atoms with Crippen LogP contribution in [0.1, 0.15) is 44.3 Å². The van der Waals surface area contributed by atoms with Crippen molar-refractivity contribution < 1.29 is 4.79 Å². The molecule has 6 heteroatoms. The quantitative estimate of drug-likeness (QED) is 0.923. The van der Waals surface area contributed by atoms with Crippen molar-refractivity contribution in [1.82, 2.24) is 20.1 Å². The van der Waals surface area contributed by atoms with E-state index in [1.807, 2.05) is 30.3 Å². The van der Waals surface area contributed by atoms with Crippen LogP contribution >= 0.6 is 0 Å². The molecule has 1 aliphatic heterocycles. The van der Waals surface area contributed by atoms with Gasteiger partial charge >= 0.3 is 0 Å². The molecule has 1 N–H and O–H groups in total. The van der Waals surface area contributed by atoms with Gasteiger partial charge in [0.05, 0.1) is 6.07 Å². The zero-order valence-corrected chi connectivity index (χ0v) is 14.8. The van der Waals surface area contributed by atoms with E-state index in [0.717, 1.165) is 49.3 Å². The van der Waals surface area contributed by atoms with E-state index in [1.165, 1.54) is 0 Å². The minimum Gasteiger partial charge on any atom is -0.350 e. The fourth-order valence-electron chi connectivity index (χ4n) is 4.11. The van der Waals surface area contributed by atoms with Gasteiger partial charge in [-0.1, -0.05) is 49.6 Å². The van der Waals surface area contributed by atoms with Gasteiger partial charge in [-0.25, -0.2) is 0 Å². The fourth-order valence-corrected chi connectivity index (χ4v) is 4.11. The number of carbonyl (C=O) groups is 1. The maximum Gasteiger partial charge on any atom is 0.240 e. The largest absolute Gasteiger partial charge is 0.350 e. The molecular weight excluding hydrogens is 326 g/mol. The Bertz CT molecular complexity index is 830. The molecular formula is C20H23N5O. The van der Waals surface area contributed by atoms with E-state index >= 15 is 0 Å². The van der Waals surface area contributed by atoms with Gasteiger partial charge in [-0.3, -0.25) is 4.79 Å². The number of rotatable bonds is 3. The smallest absolute Gasteiger partial charge is 0.240 e. The third-order valence-electron chi connectivity index (χ3n) is 5.67. The Morgan fingerprint density at radius 2 is 1.96 bits per heavy atom. The molecule has 1 aromatic carbocycles. The van der Waals surface area contributed by atoms with Crippen molar-refractivity contribution in [3.63, 3.8) is 0 Å². The van der Waals surface area contributed by atoms with Crippen molar-refractivity contribution in [1.29, 1.82) is 5.26 Å². The van der Waals surface area contributed by atoms with Gasteiger partial charge in [0.25, 0.3) is 0 Å². The summed E-state index contributed by atoms with van der Waals surface area (Å²) in [5, 5.41) is 21.4. The summed E-state index contributed by atoms with van der Waals surface area (Å²) < 4.78 is 2.10. The molecule has 0 saturated heterocycles. The predicted molar refractivity (Wildman–Crippen MR) is 96.8 cm³/mol. The Balaban J connectivity index is 1.51. The number of nitrogens with zero attached hydrogens (tertiary/aromatic N) is 4. The molecule has 6 nitrogen and oxygen atoms in total. The van der Waals surface area contributed by atoms with E-state index < -0.39 is 5.41 Å². The van der Waals surface area contributed by atoms with Gasteiger partial charge in [0, 0.05) is 24.6 Å². The molecule has 1 saturated carbocycles. The van der Waals surface area contributed by atoms with Crippen molar-refractivity contribution in [3.05, 3.63) is 36.2 Å². The average Bonchev–Trinajstić information content (AvgIpc) is 3.12. The van der Waals surface area contributed by atoms with Crippen molar-refractivity contribution in [2.45, 2.75) is 57.5 Å². The summed E-state index contributed by atoms with van der Waals surface area (Å²) in [7, 11) is 0. The molecule has 2 aliphatic rings. The van der Waals surface area contributed by atoms with Gasteiger partial charge < -0.3 is 9.88 Å². The van der Waals surface area contributed by atoms with Gasteiger partial charge in [-0.15, -0.1) is 10.2 Å². The zero-order chi connectivity index (χ0) is 18.0. The number of carbonyl (C=O) groups excluding carboxylic acids is 1. The highest BCUT2D eigenvalue weighted by Gasteiger charge is 2.41. The Morgan fingerprint density at radius 3 is 2.69 bits per heavy atom. The first-order valence-corrected chi connectivity index (χ1v) is 9.41. The van der Waals surface area contributed by atoms with Gasteiger partial charge in [-0.05, 0) is 19.3 Å². The lowest BCUT2D eigenvalue weighted by Gasteiger charge is -2.32. The lowest BCUT2D eigenvalue weighted by Crippen LogP contribution is -2.48. The maximum absolute atomic E-state index is 12.9. The Hall–Kier alpha value is -2.68. The number of hydrogen-bond acceptors (Lipinski definition) is 4. The molecule has 1 aliphatic carbocycles. The van der Waals surface area contributed by atoms with Gasteiger partial charge in [-0.2, -0.15) is 5.26 Å². The summed E-state index contributed by atoms with van der Waals surface area (Å²) >= 11 is 0. The van der Waals surface area contributed by atoms with E-state index in [1.54, 1.807) is 0 Å². The topological polar surface area (TPSA) is 83.6 Å². The zero-order valence-electron chi connectivity index (χ0n) is 14.8. The van der Waals surface area contributed by atoms with Crippen molar-refractivity contribution in [2.24, 2.45) is 5.41 Å². The SMILES string of the molecule is N#CC1(C(=O)NC2CCc3nnc(-c4ccccc4)n3C2)CCCCC1. The molecule has 2 heterocycles. The molecule has 0 spiro atoms. The summed E-state index contributed by atoms with van der Waals surface area (Å²) in [6.07, 6.45) is 6.00. The molecule has 26 heavy (non-hydrogen) atoms.